The smallest absolute Gasteiger partial charge is 0.271 e. The minimum absolute atomic E-state index is 0.00735. The van der Waals surface area contributed by atoms with Crippen molar-refractivity contribution in [2.45, 2.75) is 20.4 Å². The maximum Gasteiger partial charge on any atom is 0.271 e. The average Bonchev–Trinajstić information content (AvgIpc) is 2.39. The van der Waals surface area contributed by atoms with Gasteiger partial charge in [0.1, 0.15) is 0 Å². The minimum atomic E-state index is -0.453. The van der Waals surface area contributed by atoms with Crippen LogP contribution in [-0.4, -0.2) is 9.91 Å². The molecule has 0 atom stereocenters. The number of nitro groups is 1. The van der Waals surface area contributed by atoms with Gasteiger partial charge in [0.05, 0.1) is 27.9 Å². The molecule has 20 heavy (non-hydrogen) atoms. The molecule has 1 aromatic heterocycles. The van der Waals surface area contributed by atoms with E-state index in [1.54, 1.807) is 13.1 Å². The van der Waals surface area contributed by atoms with Crippen LogP contribution in [0.3, 0.4) is 0 Å². The Labute approximate surface area is 121 Å². The number of hydrogen-bond acceptors (Lipinski definition) is 4. The van der Waals surface area contributed by atoms with Gasteiger partial charge in [0.25, 0.3) is 5.69 Å². The SMILES string of the molecule is Cc1cccnc1CNc1c(C)cc([N+](=O)[O-])cc1Cl. The summed E-state index contributed by atoms with van der Waals surface area (Å²) in [4.78, 5) is 14.6. The van der Waals surface area contributed by atoms with Crippen molar-refractivity contribution in [3.63, 3.8) is 0 Å². The molecule has 1 heterocycles. The molecule has 0 saturated carbocycles. The van der Waals surface area contributed by atoms with Gasteiger partial charge in [-0.1, -0.05) is 17.7 Å². The van der Waals surface area contributed by atoms with E-state index in [2.05, 4.69) is 10.3 Å². The number of halogens is 1. The van der Waals surface area contributed by atoms with Crippen LogP contribution in [0.15, 0.2) is 30.5 Å². The second-order valence-corrected chi connectivity index (χ2v) is 4.90. The summed E-state index contributed by atoms with van der Waals surface area (Å²) in [5, 5.41) is 14.3. The van der Waals surface area contributed by atoms with Gasteiger partial charge in [-0.15, -0.1) is 0 Å². The zero-order valence-corrected chi connectivity index (χ0v) is 11.9. The largest absolute Gasteiger partial charge is 0.378 e. The lowest BCUT2D eigenvalue weighted by Gasteiger charge is -2.12. The molecule has 2 rings (SSSR count). The van der Waals surface area contributed by atoms with E-state index in [1.807, 2.05) is 19.1 Å². The lowest BCUT2D eigenvalue weighted by atomic mass is 10.1. The number of rotatable bonds is 4. The van der Waals surface area contributed by atoms with Gasteiger partial charge < -0.3 is 5.32 Å². The zero-order valence-electron chi connectivity index (χ0n) is 11.2. The summed E-state index contributed by atoms with van der Waals surface area (Å²) in [6.07, 6.45) is 1.73. The van der Waals surface area contributed by atoms with Crippen LogP contribution in [0.5, 0.6) is 0 Å². The number of aryl methyl sites for hydroxylation is 2. The number of nitrogens with zero attached hydrogens (tertiary/aromatic N) is 2. The van der Waals surface area contributed by atoms with E-state index in [4.69, 9.17) is 11.6 Å². The first-order valence-electron chi connectivity index (χ1n) is 6.08. The Bertz CT molecular complexity index is 636. The Morgan fingerprint density at radius 3 is 2.70 bits per heavy atom. The third-order valence-electron chi connectivity index (χ3n) is 3.03. The van der Waals surface area contributed by atoms with Gasteiger partial charge in [-0.3, -0.25) is 15.1 Å². The zero-order chi connectivity index (χ0) is 14.7. The summed E-state index contributed by atoms with van der Waals surface area (Å²) in [6.45, 7) is 4.28. The molecule has 104 valence electrons. The normalized spacial score (nSPS) is 10.3. The molecule has 0 amide bonds. The minimum Gasteiger partial charge on any atom is -0.378 e. The maximum absolute atomic E-state index is 10.8. The summed E-state index contributed by atoms with van der Waals surface area (Å²) in [7, 11) is 0. The molecular formula is C14H14ClN3O2. The highest BCUT2D eigenvalue weighted by Gasteiger charge is 2.13. The van der Waals surface area contributed by atoms with Gasteiger partial charge in [-0.25, -0.2) is 0 Å². The second-order valence-electron chi connectivity index (χ2n) is 4.50. The van der Waals surface area contributed by atoms with Crippen LogP contribution in [0.2, 0.25) is 5.02 Å². The van der Waals surface area contributed by atoms with E-state index in [9.17, 15) is 10.1 Å². The van der Waals surface area contributed by atoms with E-state index >= 15 is 0 Å². The Balaban J connectivity index is 2.22. The fraction of sp³-hybridized carbons (Fsp3) is 0.214. The van der Waals surface area contributed by atoms with Crippen molar-refractivity contribution >= 4 is 23.0 Å². The van der Waals surface area contributed by atoms with Crippen molar-refractivity contribution in [1.29, 1.82) is 0 Å². The highest BCUT2D eigenvalue weighted by molar-refractivity contribution is 6.33. The van der Waals surface area contributed by atoms with E-state index in [0.29, 0.717) is 17.3 Å². The molecule has 0 bridgehead atoms. The average molecular weight is 292 g/mol. The second kappa shape index (κ2) is 5.88. The van der Waals surface area contributed by atoms with Crippen LogP contribution in [0.4, 0.5) is 11.4 Å². The number of non-ortho nitro benzene ring substituents is 1. The summed E-state index contributed by atoms with van der Waals surface area (Å²) >= 11 is 6.10. The molecular weight excluding hydrogens is 278 g/mol. The predicted octanol–water partition coefficient (Wildman–Crippen LogP) is 3.87. The van der Waals surface area contributed by atoms with Crippen molar-refractivity contribution < 1.29 is 4.92 Å². The monoisotopic (exact) mass is 291 g/mol. The van der Waals surface area contributed by atoms with Crippen LogP contribution in [0.1, 0.15) is 16.8 Å². The Kier molecular flexibility index (Phi) is 4.20. The van der Waals surface area contributed by atoms with Crippen LogP contribution in [-0.2, 0) is 6.54 Å². The first-order valence-corrected chi connectivity index (χ1v) is 6.45. The Hall–Kier alpha value is -2.14. The molecule has 0 spiro atoms. The molecule has 1 N–H and O–H groups in total. The van der Waals surface area contributed by atoms with Gasteiger partial charge in [0.2, 0.25) is 0 Å². The van der Waals surface area contributed by atoms with Crippen molar-refractivity contribution in [3.8, 4) is 0 Å². The number of hydrogen-bond donors (Lipinski definition) is 1. The maximum atomic E-state index is 10.8. The Morgan fingerprint density at radius 1 is 1.35 bits per heavy atom. The van der Waals surface area contributed by atoms with E-state index in [0.717, 1.165) is 16.8 Å². The van der Waals surface area contributed by atoms with Crippen LogP contribution >= 0.6 is 11.6 Å². The lowest BCUT2D eigenvalue weighted by molar-refractivity contribution is -0.384. The third-order valence-corrected chi connectivity index (χ3v) is 3.33. The molecule has 0 saturated heterocycles. The number of aromatic nitrogens is 1. The van der Waals surface area contributed by atoms with Gasteiger partial charge in [-0.2, -0.15) is 0 Å². The molecule has 6 heteroatoms. The molecule has 2 aromatic rings. The molecule has 0 unspecified atom stereocenters. The molecule has 0 aliphatic carbocycles. The summed E-state index contributed by atoms with van der Waals surface area (Å²) < 4.78 is 0. The van der Waals surface area contributed by atoms with E-state index in [1.165, 1.54) is 12.1 Å². The van der Waals surface area contributed by atoms with Crippen molar-refractivity contribution in [1.82, 2.24) is 4.98 Å². The number of anilines is 1. The predicted molar refractivity (Wildman–Crippen MR) is 79.1 cm³/mol. The topological polar surface area (TPSA) is 68.1 Å². The van der Waals surface area contributed by atoms with Crippen molar-refractivity contribution in [3.05, 3.63) is 62.4 Å². The van der Waals surface area contributed by atoms with Crippen LogP contribution in [0.25, 0.3) is 0 Å². The number of benzene rings is 1. The van der Waals surface area contributed by atoms with Crippen LogP contribution in [0, 0.1) is 24.0 Å². The van der Waals surface area contributed by atoms with E-state index in [-0.39, 0.29) is 5.69 Å². The Morgan fingerprint density at radius 2 is 2.10 bits per heavy atom. The fourth-order valence-electron chi connectivity index (χ4n) is 1.93. The van der Waals surface area contributed by atoms with Crippen LogP contribution < -0.4 is 5.32 Å². The van der Waals surface area contributed by atoms with Gasteiger partial charge in [-0.05, 0) is 31.0 Å². The first kappa shape index (κ1) is 14.3. The molecule has 1 aromatic carbocycles. The standard InChI is InChI=1S/C14H14ClN3O2/c1-9-4-3-5-16-13(9)8-17-14-10(2)6-11(18(19)20)7-12(14)15/h3-7,17H,8H2,1-2H3. The third kappa shape index (κ3) is 3.05. The lowest BCUT2D eigenvalue weighted by Crippen LogP contribution is -2.05. The van der Waals surface area contributed by atoms with Gasteiger partial charge >= 0.3 is 0 Å². The highest BCUT2D eigenvalue weighted by Crippen LogP contribution is 2.31. The number of nitrogens with one attached hydrogen (secondary N) is 1. The van der Waals surface area contributed by atoms with Gasteiger partial charge in [0, 0.05) is 18.3 Å². The molecule has 0 aliphatic heterocycles. The summed E-state index contributed by atoms with van der Waals surface area (Å²) in [5.41, 5.74) is 3.42. The van der Waals surface area contributed by atoms with E-state index < -0.39 is 4.92 Å². The molecule has 0 fully saturated rings. The first-order chi connectivity index (χ1) is 9.49. The number of pyridine rings is 1. The number of nitro benzene ring substituents is 1. The van der Waals surface area contributed by atoms with Crippen molar-refractivity contribution in [2.24, 2.45) is 0 Å². The molecule has 0 radical (unpaired) electrons. The summed E-state index contributed by atoms with van der Waals surface area (Å²) in [6, 6.07) is 6.71. The quantitative estimate of drug-likeness (QED) is 0.686. The fourth-order valence-corrected chi connectivity index (χ4v) is 2.26. The molecule has 5 nitrogen and oxygen atoms in total. The molecule has 0 aliphatic rings. The highest BCUT2D eigenvalue weighted by atomic mass is 35.5. The summed E-state index contributed by atoms with van der Waals surface area (Å²) in [5.74, 6) is 0. The van der Waals surface area contributed by atoms with Gasteiger partial charge in [0.15, 0.2) is 0 Å². The van der Waals surface area contributed by atoms with Crippen molar-refractivity contribution in [2.75, 3.05) is 5.32 Å².